The minimum atomic E-state index is 0.474. The average Bonchev–Trinajstić information content (AvgIpc) is 2.74. The quantitative estimate of drug-likeness (QED) is 0.859. The molecular weight excluding hydrogens is 226 g/mol. The molecule has 2 heterocycles. The normalized spacial score (nSPS) is 22.0. The predicted octanol–water partition coefficient (Wildman–Crippen LogP) is 1.39. The van der Waals surface area contributed by atoms with Gasteiger partial charge in [0.15, 0.2) is 0 Å². The van der Waals surface area contributed by atoms with E-state index in [2.05, 4.69) is 22.1 Å². The van der Waals surface area contributed by atoms with Crippen LogP contribution >= 0.6 is 0 Å². The molecule has 1 fully saturated rings. The molecule has 0 bridgehead atoms. The Hall–Kier alpha value is -0.940. The maximum absolute atomic E-state index is 5.54. The Balaban J connectivity index is 1.86. The molecule has 102 valence electrons. The highest BCUT2D eigenvalue weighted by atomic mass is 15.4. The fourth-order valence-corrected chi connectivity index (χ4v) is 2.77. The molecule has 1 unspecified atom stereocenters. The summed E-state index contributed by atoms with van der Waals surface area (Å²) in [6.45, 7) is 6.00. The first-order valence-electron chi connectivity index (χ1n) is 7.16. The van der Waals surface area contributed by atoms with Crippen LogP contribution in [0.5, 0.6) is 0 Å². The predicted molar refractivity (Wildman–Crippen MR) is 72.0 cm³/mol. The fourth-order valence-electron chi connectivity index (χ4n) is 2.77. The summed E-state index contributed by atoms with van der Waals surface area (Å²) in [5.74, 6) is 0. The van der Waals surface area contributed by atoms with Crippen molar-refractivity contribution in [1.82, 2.24) is 19.9 Å². The first kappa shape index (κ1) is 13.5. The van der Waals surface area contributed by atoms with Gasteiger partial charge in [0.2, 0.25) is 0 Å². The Bertz CT molecular complexity index is 349. The molecule has 1 aliphatic heterocycles. The summed E-state index contributed by atoms with van der Waals surface area (Å²) in [5, 5.41) is 8.13. The number of aromatic nitrogens is 3. The minimum Gasteiger partial charge on any atom is -0.325 e. The van der Waals surface area contributed by atoms with Crippen LogP contribution in [0.15, 0.2) is 6.20 Å². The van der Waals surface area contributed by atoms with Gasteiger partial charge in [-0.05, 0) is 25.8 Å². The molecule has 5 nitrogen and oxygen atoms in total. The van der Waals surface area contributed by atoms with Crippen LogP contribution < -0.4 is 5.73 Å². The third-order valence-corrected chi connectivity index (χ3v) is 3.88. The molecule has 2 rings (SSSR count). The van der Waals surface area contributed by atoms with Crippen molar-refractivity contribution in [1.29, 1.82) is 0 Å². The van der Waals surface area contributed by atoms with E-state index in [9.17, 15) is 0 Å². The molecule has 1 saturated heterocycles. The van der Waals surface area contributed by atoms with E-state index in [1.165, 1.54) is 38.6 Å². The molecular formula is C13H25N5. The van der Waals surface area contributed by atoms with Gasteiger partial charge in [-0.25, -0.2) is 0 Å². The maximum atomic E-state index is 5.54. The standard InChI is InChI=1S/C13H25N5/c1-2-13-6-4-3-5-7-17(13)8-9-18-11-12(10-14)15-16-18/h11,13H,2-10,14H2,1H3. The van der Waals surface area contributed by atoms with Crippen LogP contribution in [0.25, 0.3) is 0 Å². The highest BCUT2D eigenvalue weighted by molar-refractivity contribution is 4.90. The lowest BCUT2D eigenvalue weighted by molar-refractivity contribution is 0.184. The number of likely N-dealkylation sites (tertiary alicyclic amines) is 1. The SMILES string of the molecule is CCC1CCCCCN1CCn1cc(CN)nn1. The van der Waals surface area contributed by atoms with Crippen molar-refractivity contribution in [2.75, 3.05) is 13.1 Å². The third kappa shape index (κ3) is 3.53. The van der Waals surface area contributed by atoms with Gasteiger partial charge in [0.1, 0.15) is 0 Å². The monoisotopic (exact) mass is 251 g/mol. The van der Waals surface area contributed by atoms with Crippen molar-refractivity contribution in [2.24, 2.45) is 5.73 Å². The lowest BCUT2D eigenvalue weighted by Gasteiger charge is -2.28. The summed E-state index contributed by atoms with van der Waals surface area (Å²) in [6, 6.07) is 0.755. The number of nitrogens with zero attached hydrogens (tertiary/aromatic N) is 4. The molecule has 0 radical (unpaired) electrons. The van der Waals surface area contributed by atoms with Crippen LogP contribution in [0, 0.1) is 0 Å². The van der Waals surface area contributed by atoms with Crippen LogP contribution in [-0.2, 0) is 13.1 Å². The van der Waals surface area contributed by atoms with Crippen molar-refractivity contribution in [3.05, 3.63) is 11.9 Å². The van der Waals surface area contributed by atoms with Crippen LogP contribution in [0.1, 0.15) is 44.7 Å². The van der Waals surface area contributed by atoms with E-state index in [4.69, 9.17) is 5.73 Å². The molecule has 1 atom stereocenters. The van der Waals surface area contributed by atoms with Gasteiger partial charge in [0, 0.05) is 25.3 Å². The van der Waals surface area contributed by atoms with E-state index in [1.54, 1.807) is 0 Å². The highest BCUT2D eigenvalue weighted by Gasteiger charge is 2.18. The van der Waals surface area contributed by atoms with Crippen molar-refractivity contribution in [2.45, 2.75) is 58.2 Å². The third-order valence-electron chi connectivity index (χ3n) is 3.88. The Morgan fingerprint density at radius 1 is 1.33 bits per heavy atom. The number of nitrogens with two attached hydrogens (primary N) is 1. The van der Waals surface area contributed by atoms with Crippen LogP contribution in [-0.4, -0.2) is 39.0 Å². The Morgan fingerprint density at radius 3 is 2.94 bits per heavy atom. The molecule has 2 N–H and O–H groups in total. The molecule has 1 aliphatic rings. The summed E-state index contributed by atoms with van der Waals surface area (Å²) in [4.78, 5) is 2.62. The van der Waals surface area contributed by atoms with E-state index >= 15 is 0 Å². The zero-order valence-corrected chi connectivity index (χ0v) is 11.4. The molecule has 0 amide bonds. The zero-order chi connectivity index (χ0) is 12.8. The van der Waals surface area contributed by atoms with Gasteiger partial charge >= 0.3 is 0 Å². The van der Waals surface area contributed by atoms with Gasteiger partial charge in [-0.15, -0.1) is 5.10 Å². The Morgan fingerprint density at radius 2 is 2.22 bits per heavy atom. The molecule has 0 saturated carbocycles. The summed E-state index contributed by atoms with van der Waals surface area (Å²) in [6.07, 6.45) is 8.66. The van der Waals surface area contributed by atoms with Crippen molar-refractivity contribution < 1.29 is 0 Å². The lowest BCUT2D eigenvalue weighted by atomic mass is 10.1. The maximum Gasteiger partial charge on any atom is 0.0962 e. The topological polar surface area (TPSA) is 60.0 Å². The largest absolute Gasteiger partial charge is 0.325 e. The molecule has 5 heteroatoms. The molecule has 18 heavy (non-hydrogen) atoms. The van der Waals surface area contributed by atoms with E-state index in [-0.39, 0.29) is 0 Å². The lowest BCUT2D eigenvalue weighted by Crippen LogP contribution is -2.36. The molecule has 1 aromatic heterocycles. The first-order valence-corrected chi connectivity index (χ1v) is 7.16. The van der Waals surface area contributed by atoms with Gasteiger partial charge in [-0.1, -0.05) is 25.0 Å². The number of hydrogen-bond acceptors (Lipinski definition) is 4. The number of rotatable bonds is 5. The van der Waals surface area contributed by atoms with Crippen molar-refractivity contribution in [3.8, 4) is 0 Å². The summed E-state index contributed by atoms with van der Waals surface area (Å²) in [7, 11) is 0. The minimum absolute atomic E-state index is 0.474. The van der Waals surface area contributed by atoms with Gasteiger partial charge in [0.25, 0.3) is 0 Å². The van der Waals surface area contributed by atoms with E-state index in [0.717, 1.165) is 24.8 Å². The summed E-state index contributed by atoms with van der Waals surface area (Å²) < 4.78 is 1.92. The van der Waals surface area contributed by atoms with Crippen LogP contribution in [0.4, 0.5) is 0 Å². The smallest absolute Gasteiger partial charge is 0.0962 e. The van der Waals surface area contributed by atoms with E-state index in [1.807, 2.05) is 10.9 Å². The number of hydrogen-bond donors (Lipinski definition) is 1. The second-order valence-corrected chi connectivity index (χ2v) is 5.12. The Labute approximate surface area is 109 Å². The van der Waals surface area contributed by atoms with Crippen LogP contribution in [0.3, 0.4) is 0 Å². The van der Waals surface area contributed by atoms with Gasteiger partial charge < -0.3 is 5.73 Å². The van der Waals surface area contributed by atoms with Gasteiger partial charge in [0.05, 0.1) is 12.2 Å². The highest BCUT2D eigenvalue weighted by Crippen LogP contribution is 2.18. The average molecular weight is 251 g/mol. The summed E-state index contributed by atoms with van der Waals surface area (Å²) in [5.41, 5.74) is 6.41. The molecule has 1 aromatic rings. The second kappa shape index (κ2) is 6.85. The fraction of sp³-hybridized carbons (Fsp3) is 0.846. The van der Waals surface area contributed by atoms with Crippen molar-refractivity contribution >= 4 is 0 Å². The molecule has 0 aliphatic carbocycles. The Kier molecular flexibility index (Phi) is 5.13. The van der Waals surface area contributed by atoms with E-state index in [0.29, 0.717) is 6.54 Å². The first-order chi connectivity index (χ1) is 8.83. The second-order valence-electron chi connectivity index (χ2n) is 5.12. The molecule has 0 aromatic carbocycles. The molecule has 0 spiro atoms. The van der Waals surface area contributed by atoms with Crippen LogP contribution in [0.2, 0.25) is 0 Å². The van der Waals surface area contributed by atoms with Gasteiger partial charge in [-0.3, -0.25) is 9.58 Å². The van der Waals surface area contributed by atoms with E-state index < -0.39 is 0 Å². The van der Waals surface area contributed by atoms with Gasteiger partial charge in [-0.2, -0.15) is 0 Å². The summed E-state index contributed by atoms with van der Waals surface area (Å²) >= 11 is 0. The zero-order valence-electron chi connectivity index (χ0n) is 11.4. The van der Waals surface area contributed by atoms with Crippen molar-refractivity contribution in [3.63, 3.8) is 0 Å².